The summed E-state index contributed by atoms with van der Waals surface area (Å²) in [6.45, 7) is 11.6. The van der Waals surface area contributed by atoms with E-state index in [9.17, 15) is 4.79 Å². The maximum atomic E-state index is 13.5. The van der Waals surface area contributed by atoms with Crippen LogP contribution in [0.2, 0.25) is 5.02 Å². The highest BCUT2D eigenvalue weighted by Gasteiger charge is 2.23. The van der Waals surface area contributed by atoms with Crippen molar-refractivity contribution in [3.8, 4) is 17.2 Å². The Kier molecular flexibility index (Phi) is 10.7. The van der Waals surface area contributed by atoms with Gasteiger partial charge in [-0.2, -0.15) is 0 Å². The van der Waals surface area contributed by atoms with Gasteiger partial charge in [0.05, 0.1) is 25.3 Å². The molecule has 0 aromatic heterocycles. The Morgan fingerprint density at radius 1 is 1.14 bits per heavy atom. The van der Waals surface area contributed by atoms with E-state index in [1.54, 1.807) is 7.11 Å². The van der Waals surface area contributed by atoms with E-state index in [1.807, 2.05) is 42.2 Å². The number of benzene rings is 2. The zero-order valence-electron chi connectivity index (χ0n) is 22.3. The minimum atomic E-state index is -0.0920. The van der Waals surface area contributed by atoms with Crippen LogP contribution in [0.3, 0.4) is 0 Å². The highest BCUT2D eigenvalue weighted by atomic mass is 35.5. The van der Waals surface area contributed by atoms with Crippen molar-refractivity contribution >= 4 is 17.5 Å². The summed E-state index contributed by atoms with van der Waals surface area (Å²) in [6, 6.07) is 12.2. The van der Waals surface area contributed by atoms with Gasteiger partial charge in [-0.15, -0.1) is 0 Å². The van der Waals surface area contributed by atoms with Crippen LogP contribution in [-0.2, 0) is 17.8 Å². The number of fused-ring (bicyclic) bond motifs is 1. The molecule has 2 unspecified atom stereocenters. The maximum Gasteiger partial charge on any atom is 0.225 e. The van der Waals surface area contributed by atoms with Gasteiger partial charge in [0.15, 0.2) is 11.5 Å². The number of hydrogen-bond donors (Lipinski definition) is 1. The van der Waals surface area contributed by atoms with Crippen molar-refractivity contribution in [1.82, 2.24) is 10.2 Å². The van der Waals surface area contributed by atoms with E-state index < -0.39 is 0 Å². The predicted octanol–water partition coefficient (Wildman–Crippen LogP) is 5.74. The van der Waals surface area contributed by atoms with Gasteiger partial charge < -0.3 is 24.4 Å². The van der Waals surface area contributed by atoms with Gasteiger partial charge in [0.2, 0.25) is 5.91 Å². The molecule has 6 nitrogen and oxygen atoms in total. The first kappa shape index (κ1) is 28.1. The number of ether oxygens (including phenoxy) is 3. The second kappa shape index (κ2) is 13.8. The van der Waals surface area contributed by atoms with E-state index in [-0.39, 0.29) is 17.9 Å². The van der Waals surface area contributed by atoms with Crippen LogP contribution in [0.25, 0.3) is 0 Å². The molecule has 1 N–H and O–H groups in total. The summed E-state index contributed by atoms with van der Waals surface area (Å²) >= 11 is 6.50. The molecule has 0 fully saturated rings. The molecule has 1 aliphatic heterocycles. The van der Waals surface area contributed by atoms with Gasteiger partial charge in [0, 0.05) is 31.5 Å². The molecule has 0 spiro atoms. The molecule has 0 saturated carbocycles. The van der Waals surface area contributed by atoms with Gasteiger partial charge in [-0.3, -0.25) is 4.79 Å². The minimum absolute atomic E-state index is 0.0920. The van der Waals surface area contributed by atoms with Crippen molar-refractivity contribution in [1.29, 1.82) is 0 Å². The molecule has 0 aliphatic carbocycles. The second-order valence-electron chi connectivity index (χ2n) is 10.1. The summed E-state index contributed by atoms with van der Waals surface area (Å²) in [4.78, 5) is 15.4. The molecule has 36 heavy (non-hydrogen) atoms. The Morgan fingerprint density at radius 3 is 2.64 bits per heavy atom. The number of para-hydroxylation sites is 1. The van der Waals surface area contributed by atoms with Crippen LogP contribution >= 0.6 is 11.6 Å². The summed E-state index contributed by atoms with van der Waals surface area (Å²) in [5, 5.41) is 4.10. The maximum absolute atomic E-state index is 13.5. The van der Waals surface area contributed by atoms with Crippen molar-refractivity contribution in [2.45, 2.75) is 59.5 Å². The lowest BCUT2D eigenvalue weighted by atomic mass is 10.0. The molecule has 1 aliphatic rings. The highest BCUT2D eigenvalue weighted by Crippen LogP contribution is 2.38. The third-order valence-electron chi connectivity index (χ3n) is 6.34. The summed E-state index contributed by atoms with van der Waals surface area (Å²) in [6.07, 6.45) is 2.46. The van der Waals surface area contributed by atoms with Crippen molar-refractivity contribution in [2.75, 3.05) is 33.4 Å². The van der Waals surface area contributed by atoms with Crippen LogP contribution in [0.15, 0.2) is 36.4 Å². The fourth-order valence-corrected chi connectivity index (χ4v) is 4.81. The Balaban J connectivity index is 1.58. The first-order valence-corrected chi connectivity index (χ1v) is 13.4. The topological polar surface area (TPSA) is 60.0 Å². The van der Waals surface area contributed by atoms with E-state index >= 15 is 0 Å². The molecule has 0 radical (unpaired) electrons. The first-order chi connectivity index (χ1) is 17.3. The minimum Gasteiger partial charge on any atom is -0.496 e. The predicted molar refractivity (Wildman–Crippen MR) is 145 cm³/mol. The molecule has 1 heterocycles. The molecule has 1 amide bonds. The summed E-state index contributed by atoms with van der Waals surface area (Å²) in [5.74, 6) is 2.59. The average molecular weight is 517 g/mol. The molecule has 2 atom stereocenters. The molecular weight excluding hydrogens is 476 g/mol. The van der Waals surface area contributed by atoms with E-state index in [0.717, 1.165) is 37.1 Å². The number of methoxy groups -OCH3 is 1. The lowest BCUT2D eigenvalue weighted by Crippen LogP contribution is -2.39. The SMILES string of the molecule is COc1ccccc1CC(C)NCCC(C)C(=O)N(Cc1cc(Cl)c2c(c1)OCCCO2)CC(C)C. The molecule has 7 heteroatoms. The third kappa shape index (κ3) is 8.04. The number of nitrogens with one attached hydrogen (secondary N) is 1. The smallest absolute Gasteiger partial charge is 0.225 e. The number of carbonyl (C=O) groups excluding carboxylic acids is 1. The molecule has 3 rings (SSSR count). The Morgan fingerprint density at radius 2 is 1.89 bits per heavy atom. The van der Waals surface area contributed by atoms with Crippen LogP contribution in [0.5, 0.6) is 17.2 Å². The molecule has 198 valence electrons. The zero-order valence-corrected chi connectivity index (χ0v) is 23.1. The van der Waals surface area contributed by atoms with Gasteiger partial charge >= 0.3 is 0 Å². The standard InChI is InChI=1S/C29H41ClN2O4/c1-20(2)18-32(19-23-16-25(30)28-27(17-23)35-13-8-14-36-28)29(33)21(3)11-12-31-22(4)15-24-9-6-7-10-26(24)34-5/h6-7,9-10,16-17,20-22,31H,8,11-15,18-19H2,1-5H3. The third-order valence-corrected chi connectivity index (χ3v) is 6.62. The normalized spacial score (nSPS) is 14.8. The van der Waals surface area contributed by atoms with Crippen LogP contribution < -0.4 is 19.5 Å². The molecule has 0 saturated heterocycles. The summed E-state index contributed by atoms with van der Waals surface area (Å²) < 4.78 is 17.1. The molecule has 0 bridgehead atoms. The number of hydrogen-bond acceptors (Lipinski definition) is 5. The molecule has 2 aromatic rings. The van der Waals surface area contributed by atoms with Crippen LogP contribution in [0, 0.1) is 11.8 Å². The average Bonchev–Trinajstić information content (AvgIpc) is 3.09. The Labute approximate surface area is 221 Å². The fraction of sp³-hybridized carbons (Fsp3) is 0.552. The van der Waals surface area contributed by atoms with Gasteiger partial charge in [-0.25, -0.2) is 0 Å². The van der Waals surface area contributed by atoms with Gasteiger partial charge in [0.25, 0.3) is 0 Å². The summed E-state index contributed by atoms with van der Waals surface area (Å²) in [7, 11) is 1.70. The van der Waals surface area contributed by atoms with E-state index in [1.165, 1.54) is 5.56 Å². The van der Waals surface area contributed by atoms with Crippen molar-refractivity contribution < 1.29 is 19.0 Å². The van der Waals surface area contributed by atoms with Crippen molar-refractivity contribution in [3.63, 3.8) is 0 Å². The zero-order chi connectivity index (χ0) is 26.1. The summed E-state index contributed by atoms with van der Waals surface area (Å²) in [5.41, 5.74) is 2.13. The quantitative estimate of drug-likeness (QED) is 0.389. The molecule has 2 aromatic carbocycles. The first-order valence-electron chi connectivity index (χ1n) is 13.0. The van der Waals surface area contributed by atoms with E-state index in [0.29, 0.717) is 48.7 Å². The number of amides is 1. The largest absolute Gasteiger partial charge is 0.496 e. The van der Waals surface area contributed by atoms with E-state index in [2.05, 4.69) is 32.2 Å². The van der Waals surface area contributed by atoms with Crippen LogP contribution in [-0.4, -0.2) is 50.3 Å². The highest BCUT2D eigenvalue weighted by molar-refractivity contribution is 6.32. The number of halogens is 1. The van der Waals surface area contributed by atoms with Gasteiger partial charge in [-0.05, 0) is 61.6 Å². The fourth-order valence-electron chi connectivity index (χ4n) is 4.52. The van der Waals surface area contributed by atoms with Crippen LogP contribution in [0.1, 0.15) is 51.7 Å². The van der Waals surface area contributed by atoms with Crippen molar-refractivity contribution in [3.05, 3.63) is 52.5 Å². The number of rotatable bonds is 12. The Bertz CT molecular complexity index is 997. The molecular formula is C29H41ClN2O4. The lowest BCUT2D eigenvalue weighted by Gasteiger charge is -2.28. The van der Waals surface area contributed by atoms with Crippen LogP contribution in [0.4, 0.5) is 0 Å². The Hall–Kier alpha value is -2.44. The van der Waals surface area contributed by atoms with Crippen molar-refractivity contribution in [2.24, 2.45) is 11.8 Å². The monoisotopic (exact) mass is 516 g/mol. The van der Waals surface area contributed by atoms with Gasteiger partial charge in [0.1, 0.15) is 5.75 Å². The number of carbonyl (C=O) groups is 1. The number of nitrogens with zero attached hydrogens (tertiary/aromatic N) is 1. The second-order valence-corrected chi connectivity index (χ2v) is 10.5. The lowest BCUT2D eigenvalue weighted by molar-refractivity contribution is -0.136. The van der Waals surface area contributed by atoms with E-state index in [4.69, 9.17) is 25.8 Å². The van der Waals surface area contributed by atoms with Gasteiger partial charge in [-0.1, -0.05) is 50.6 Å².